The summed E-state index contributed by atoms with van der Waals surface area (Å²) < 4.78 is 12.3. The Hall–Kier alpha value is -1.09. The molecule has 0 heterocycles. The monoisotopic (exact) mass is 141 g/mol. The molecule has 0 aliphatic heterocycles. The number of rotatable bonds is 1. The summed E-state index contributed by atoms with van der Waals surface area (Å²) in [6.45, 7) is 0.313. The SMILES string of the molecule is NCc1ccc(F)c(O)c1. The summed E-state index contributed by atoms with van der Waals surface area (Å²) in [6, 6.07) is 4.04. The molecule has 3 N–H and O–H groups in total. The van der Waals surface area contributed by atoms with Crippen LogP contribution < -0.4 is 5.73 Å². The molecule has 1 aromatic carbocycles. The Kier molecular flexibility index (Phi) is 1.87. The van der Waals surface area contributed by atoms with Crippen LogP contribution >= 0.6 is 0 Å². The van der Waals surface area contributed by atoms with Crippen molar-refractivity contribution < 1.29 is 9.50 Å². The molecule has 0 saturated heterocycles. The smallest absolute Gasteiger partial charge is 0.164 e. The van der Waals surface area contributed by atoms with Gasteiger partial charge in [-0.2, -0.15) is 0 Å². The van der Waals surface area contributed by atoms with Gasteiger partial charge in [0.2, 0.25) is 0 Å². The van der Waals surface area contributed by atoms with Crippen LogP contribution in [0.25, 0.3) is 0 Å². The van der Waals surface area contributed by atoms with Crippen LogP contribution in [-0.2, 0) is 6.54 Å². The molecule has 0 unspecified atom stereocenters. The topological polar surface area (TPSA) is 46.2 Å². The van der Waals surface area contributed by atoms with Crippen molar-refractivity contribution in [1.82, 2.24) is 0 Å². The molecule has 0 fully saturated rings. The van der Waals surface area contributed by atoms with E-state index >= 15 is 0 Å². The number of hydrogen-bond donors (Lipinski definition) is 2. The van der Waals surface area contributed by atoms with Gasteiger partial charge in [0.1, 0.15) is 0 Å². The standard InChI is InChI=1S/C7H8FNO/c8-6-2-1-5(4-9)3-7(6)10/h1-3,10H,4,9H2. The molecule has 10 heavy (non-hydrogen) atoms. The van der Waals surface area contributed by atoms with Crippen molar-refractivity contribution in [2.75, 3.05) is 0 Å². The summed E-state index contributed by atoms with van der Waals surface area (Å²) in [6.07, 6.45) is 0. The highest BCUT2D eigenvalue weighted by atomic mass is 19.1. The van der Waals surface area contributed by atoms with Gasteiger partial charge in [-0.25, -0.2) is 4.39 Å². The quantitative estimate of drug-likeness (QED) is 0.612. The molecule has 0 amide bonds. The predicted molar refractivity (Wildman–Crippen MR) is 36.0 cm³/mol. The Labute approximate surface area is 58.1 Å². The fourth-order valence-electron chi connectivity index (χ4n) is 0.685. The van der Waals surface area contributed by atoms with Crippen molar-refractivity contribution in [2.24, 2.45) is 5.73 Å². The van der Waals surface area contributed by atoms with Crippen LogP contribution in [0.3, 0.4) is 0 Å². The van der Waals surface area contributed by atoms with E-state index in [1.54, 1.807) is 0 Å². The summed E-state index contributed by atoms with van der Waals surface area (Å²) in [4.78, 5) is 0. The second kappa shape index (κ2) is 2.66. The largest absolute Gasteiger partial charge is 0.505 e. The highest BCUT2D eigenvalue weighted by molar-refractivity contribution is 5.28. The lowest BCUT2D eigenvalue weighted by Gasteiger charge is -1.97. The zero-order chi connectivity index (χ0) is 7.56. The summed E-state index contributed by atoms with van der Waals surface area (Å²) >= 11 is 0. The third-order valence-electron chi connectivity index (χ3n) is 1.25. The molecule has 0 spiro atoms. The van der Waals surface area contributed by atoms with Gasteiger partial charge in [-0.15, -0.1) is 0 Å². The van der Waals surface area contributed by atoms with Crippen LogP contribution in [0.2, 0.25) is 0 Å². The van der Waals surface area contributed by atoms with Gasteiger partial charge in [0, 0.05) is 6.54 Å². The van der Waals surface area contributed by atoms with Gasteiger partial charge >= 0.3 is 0 Å². The maximum atomic E-state index is 12.3. The maximum absolute atomic E-state index is 12.3. The van der Waals surface area contributed by atoms with Crippen LogP contribution in [0.15, 0.2) is 18.2 Å². The number of hydrogen-bond acceptors (Lipinski definition) is 2. The lowest BCUT2D eigenvalue weighted by Crippen LogP contribution is -1.95. The van der Waals surface area contributed by atoms with Crippen molar-refractivity contribution in [3.63, 3.8) is 0 Å². The number of phenols is 1. The molecular weight excluding hydrogens is 133 g/mol. The fraction of sp³-hybridized carbons (Fsp3) is 0.143. The maximum Gasteiger partial charge on any atom is 0.164 e. The fourth-order valence-corrected chi connectivity index (χ4v) is 0.685. The second-order valence-corrected chi connectivity index (χ2v) is 1.99. The molecule has 0 radical (unpaired) electrons. The normalized spacial score (nSPS) is 9.80. The van der Waals surface area contributed by atoms with Crippen molar-refractivity contribution in [1.29, 1.82) is 0 Å². The number of aromatic hydroxyl groups is 1. The lowest BCUT2D eigenvalue weighted by molar-refractivity contribution is 0.431. The molecular formula is C7H8FNO. The summed E-state index contributed by atoms with van der Waals surface area (Å²) in [5.74, 6) is -0.958. The van der Waals surface area contributed by atoms with Crippen LogP contribution in [0.5, 0.6) is 5.75 Å². The van der Waals surface area contributed by atoms with Crippen LogP contribution in [0.1, 0.15) is 5.56 Å². The molecule has 1 aromatic rings. The summed E-state index contributed by atoms with van der Waals surface area (Å²) in [7, 11) is 0. The van der Waals surface area contributed by atoms with Gasteiger partial charge in [-0.05, 0) is 17.7 Å². The minimum atomic E-state index is -0.614. The minimum absolute atomic E-state index is 0.313. The van der Waals surface area contributed by atoms with Gasteiger partial charge in [0.05, 0.1) is 0 Å². The first-order chi connectivity index (χ1) is 4.74. The predicted octanol–water partition coefficient (Wildman–Crippen LogP) is 0.990. The zero-order valence-corrected chi connectivity index (χ0v) is 5.34. The third-order valence-corrected chi connectivity index (χ3v) is 1.25. The van der Waals surface area contributed by atoms with Crippen molar-refractivity contribution in [2.45, 2.75) is 6.54 Å². The van der Waals surface area contributed by atoms with Gasteiger partial charge < -0.3 is 10.8 Å². The molecule has 0 aliphatic carbocycles. The first kappa shape index (κ1) is 7.02. The van der Waals surface area contributed by atoms with Crippen LogP contribution in [-0.4, -0.2) is 5.11 Å². The second-order valence-electron chi connectivity index (χ2n) is 1.99. The average molecular weight is 141 g/mol. The number of benzene rings is 1. The molecule has 2 nitrogen and oxygen atoms in total. The molecule has 54 valence electrons. The Morgan fingerprint density at radius 2 is 2.20 bits per heavy atom. The lowest BCUT2D eigenvalue weighted by atomic mass is 10.2. The Morgan fingerprint density at radius 1 is 1.50 bits per heavy atom. The molecule has 0 atom stereocenters. The zero-order valence-electron chi connectivity index (χ0n) is 5.34. The van der Waals surface area contributed by atoms with Crippen molar-refractivity contribution in [3.05, 3.63) is 29.6 Å². The van der Waals surface area contributed by atoms with E-state index in [1.807, 2.05) is 0 Å². The molecule has 0 aliphatic rings. The Balaban J connectivity index is 3.04. The van der Waals surface area contributed by atoms with E-state index in [-0.39, 0.29) is 5.75 Å². The van der Waals surface area contributed by atoms with Crippen molar-refractivity contribution in [3.8, 4) is 5.75 Å². The molecule has 0 saturated carbocycles. The summed E-state index contributed by atoms with van der Waals surface area (Å²) in [5.41, 5.74) is 5.96. The van der Waals surface area contributed by atoms with E-state index in [1.165, 1.54) is 18.2 Å². The van der Waals surface area contributed by atoms with Crippen LogP contribution in [0, 0.1) is 5.82 Å². The Bertz CT molecular complexity index is 237. The van der Waals surface area contributed by atoms with E-state index < -0.39 is 5.82 Å². The van der Waals surface area contributed by atoms with Gasteiger partial charge in [-0.3, -0.25) is 0 Å². The van der Waals surface area contributed by atoms with E-state index in [2.05, 4.69) is 0 Å². The minimum Gasteiger partial charge on any atom is -0.505 e. The number of phenolic OH excluding ortho intramolecular Hbond substituents is 1. The van der Waals surface area contributed by atoms with Gasteiger partial charge in [0.15, 0.2) is 11.6 Å². The van der Waals surface area contributed by atoms with E-state index in [0.717, 1.165) is 5.56 Å². The van der Waals surface area contributed by atoms with Crippen LogP contribution in [0.4, 0.5) is 4.39 Å². The first-order valence-corrected chi connectivity index (χ1v) is 2.91. The van der Waals surface area contributed by atoms with E-state index in [4.69, 9.17) is 10.8 Å². The molecule has 1 rings (SSSR count). The van der Waals surface area contributed by atoms with E-state index in [0.29, 0.717) is 6.54 Å². The highest BCUT2D eigenvalue weighted by Crippen LogP contribution is 2.15. The van der Waals surface area contributed by atoms with E-state index in [9.17, 15) is 4.39 Å². The van der Waals surface area contributed by atoms with Gasteiger partial charge in [-0.1, -0.05) is 6.07 Å². The Morgan fingerprint density at radius 3 is 2.70 bits per heavy atom. The first-order valence-electron chi connectivity index (χ1n) is 2.91. The van der Waals surface area contributed by atoms with Gasteiger partial charge in [0.25, 0.3) is 0 Å². The third kappa shape index (κ3) is 1.25. The molecule has 0 aromatic heterocycles. The average Bonchev–Trinajstić information content (AvgIpc) is 1.95. The van der Waals surface area contributed by atoms with Crippen molar-refractivity contribution >= 4 is 0 Å². The number of halogens is 1. The molecule has 0 bridgehead atoms. The summed E-state index contributed by atoms with van der Waals surface area (Å²) in [5, 5.41) is 8.80. The number of nitrogens with two attached hydrogens (primary N) is 1. The molecule has 3 heteroatoms. The highest BCUT2D eigenvalue weighted by Gasteiger charge is 1.98.